The number of amides is 2. The maximum atomic E-state index is 12.7. The number of rotatable bonds is 2. The van der Waals surface area contributed by atoms with Crippen LogP contribution in [0.15, 0.2) is 52.2 Å². The summed E-state index contributed by atoms with van der Waals surface area (Å²) in [7, 11) is 0. The van der Waals surface area contributed by atoms with Crippen LogP contribution in [0, 0.1) is 0 Å². The Labute approximate surface area is 155 Å². The van der Waals surface area contributed by atoms with Crippen LogP contribution >= 0.6 is 15.9 Å². The first-order valence-electron chi connectivity index (χ1n) is 8.09. The summed E-state index contributed by atoms with van der Waals surface area (Å²) in [6, 6.07) is 8.75. The van der Waals surface area contributed by atoms with Crippen LogP contribution in [0.4, 0.5) is 5.82 Å². The van der Waals surface area contributed by atoms with Crippen molar-refractivity contribution in [1.82, 2.24) is 14.8 Å². The van der Waals surface area contributed by atoms with E-state index in [1.165, 1.54) is 0 Å². The molecule has 8 heteroatoms. The van der Waals surface area contributed by atoms with E-state index in [0.717, 1.165) is 27.7 Å². The molecule has 26 heavy (non-hydrogen) atoms. The van der Waals surface area contributed by atoms with E-state index in [0.29, 0.717) is 28.0 Å². The number of carbonyl (C=O) groups is 2. The van der Waals surface area contributed by atoms with Crippen LogP contribution in [-0.2, 0) is 0 Å². The molecule has 0 fully saturated rings. The number of halogens is 1. The highest BCUT2D eigenvalue weighted by Gasteiger charge is 2.39. The zero-order chi connectivity index (χ0) is 17.8. The van der Waals surface area contributed by atoms with Crippen molar-refractivity contribution in [3.8, 4) is 0 Å². The van der Waals surface area contributed by atoms with Crippen LogP contribution in [0.3, 0.4) is 0 Å². The van der Waals surface area contributed by atoms with Crippen molar-refractivity contribution in [1.29, 1.82) is 0 Å². The molecule has 0 unspecified atom stereocenters. The number of aromatic amines is 1. The standard InChI is InChI=1S/C18H12BrN5O2/c19-13-9-23(14-6-8-21-15-12(14)5-7-20-15)22-16(13)24-17(25)10-3-1-2-4-11(10)18(24)26/h1-5,7,9H,6,8H2,(H,20,21). The second kappa shape index (κ2) is 5.50. The van der Waals surface area contributed by atoms with Crippen LogP contribution < -0.4 is 15.6 Å². The minimum Gasteiger partial charge on any atom is -0.346 e. The van der Waals surface area contributed by atoms with Gasteiger partial charge in [-0.1, -0.05) is 12.1 Å². The molecule has 1 N–H and O–H groups in total. The molecular formula is C18H12BrN5O2. The van der Waals surface area contributed by atoms with Crippen molar-refractivity contribution in [3.05, 3.63) is 69.0 Å². The van der Waals surface area contributed by atoms with E-state index >= 15 is 0 Å². The highest BCUT2D eigenvalue weighted by molar-refractivity contribution is 9.10. The summed E-state index contributed by atoms with van der Waals surface area (Å²) in [5.41, 5.74) is 2.59. The van der Waals surface area contributed by atoms with Crippen LogP contribution in [-0.4, -0.2) is 33.1 Å². The van der Waals surface area contributed by atoms with E-state index in [1.807, 2.05) is 12.3 Å². The molecule has 0 aliphatic carbocycles. The Bertz CT molecular complexity index is 1170. The van der Waals surface area contributed by atoms with E-state index in [1.54, 1.807) is 35.1 Å². The molecule has 0 saturated heterocycles. The second-order valence-electron chi connectivity index (χ2n) is 6.05. The zero-order valence-corrected chi connectivity index (χ0v) is 15.0. The maximum Gasteiger partial charge on any atom is 0.267 e. The van der Waals surface area contributed by atoms with E-state index in [4.69, 9.17) is 0 Å². The minimum absolute atomic E-state index is 0.295. The molecule has 0 spiro atoms. The predicted octanol–water partition coefficient (Wildman–Crippen LogP) is 1.45. The van der Waals surface area contributed by atoms with Gasteiger partial charge in [-0.2, -0.15) is 0 Å². The number of hydrogen-bond acceptors (Lipinski definition) is 4. The summed E-state index contributed by atoms with van der Waals surface area (Å²) < 4.78 is 2.30. The lowest BCUT2D eigenvalue weighted by Gasteiger charge is -2.12. The molecule has 0 bridgehead atoms. The number of aromatic nitrogens is 3. The molecule has 128 valence electrons. The van der Waals surface area contributed by atoms with E-state index in [-0.39, 0.29) is 11.8 Å². The van der Waals surface area contributed by atoms with Gasteiger partial charge in [0.1, 0.15) is 5.49 Å². The molecule has 0 saturated carbocycles. The summed E-state index contributed by atoms with van der Waals surface area (Å²) in [4.78, 5) is 34.1. The van der Waals surface area contributed by atoms with Gasteiger partial charge in [0, 0.05) is 30.6 Å². The average Bonchev–Trinajstić information content (AvgIpc) is 3.33. The molecule has 7 nitrogen and oxygen atoms in total. The summed E-state index contributed by atoms with van der Waals surface area (Å²) in [5, 5.41) is 5.51. The van der Waals surface area contributed by atoms with Gasteiger partial charge in [-0.15, -0.1) is 5.10 Å². The zero-order valence-electron chi connectivity index (χ0n) is 13.4. The molecule has 2 amide bonds. The quantitative estimate of drug-likeness (QED) is 0.650. The second-order valence-corrected chi connectivity index (χ2v) is 6.91. The van der Waals surface area contributed by atoms with Crippen LogP contribution in [0.1, 0.15) is 27.1 Å². The predicted molar refractivity (Wildman–Crippen MR) is 97.4 cm³/mol. The van der Waals surface area contributed by atoms with Gasteiger partial charge in [0.2, 0.25) is 0 Å². The normalized spacial score (nSPS) is 15.9. The summed E-state index contributed by atoms with van der Waals surface area (Å²) in [6.45, 7) is 0.655. The Morgan fingerprint density at radius 3 is 2.54 bits per heavy atom. The third-order valence-corrected chi connectivity index (χ3v) is 5.15. The number of nitrogens with one attached hydrogen (secondary N) is 1. The number of imide groups is 1. The molecule has 4 heterocycles. The fourth-order valence-electron chi connectivity index (χ4n) is 3.39. The van der Waals surface area contributed by atoms with E-state index in [9.17, 15) is 9.59 Å². The number of H-pyrrole nitrogens is 1. The Hall–Kier alpha value is -3.00. The lowest BCUT2D eigenvalue weighted by molar-refractivity contribution is 0.0924. The monoisotopic (exact) mass is 409 g/mol. The summed E-state index contributed by atoms with van der Waals surface area (Å²) in [6.07, 6.45) is 4.33. The maximum absolute atomic E-state index is 12.7. The highest BCUT2D eigenvalue weighted by atomic mass is 79.9. The summed E-state index contributed by atoms with van der Waals surface area (Å²) >= 11 is 3.45. The summed E-state index contributed by atoms with van der Waals surface area (Å²) in [5.74, 6) is -0.423. The Kier molecular flexibility index (Phi) is 3.23. The Balaban J connectivity index is 1.64. The minimum atomic E-state index is -0.359. The van der Waals surface area contributed by atoms with Gasteiger partial charge in [-0.05, 0) is 34.1 Å². The molecule has 1 aromatic carbocycles. The van der Waals surface area contributed by atoms with Crippen molar-refractivity contribution >= 4 is 39.3 Å². The first-order valence-corrected chi connectivity index (χ1v) is 8.89. The Morgan fingerprint density at radius 2 is 1.81 bits per heavy atom. The van der Waals surface area contributed by atoms with Gasteiger partial charge in [0.05, 0.1) is 21.3 Å². The topological polar surface area (TPSA) is 83.4 Å². The van der Waals surface area contributed by atoms with Gasteiger partial charge >= 0.3 is 0 Å². The lowest BCUT2D eigenvalue weighted by Crippen LogP contribution is -2.32. The smallest absolute Gasteiger partial charge is 0.267 e. The molecule has 3 aromatic rings. The molecular weight excluding hydrogens is 398 g/mol. The van der Waals surface area contributed by atoms with Crippen molar-refractivity contribution in [3.63, 3.8) is 0 Å². The first-order chi connectivity index (χ1) is 12.6. The van der Waals surface area contributed by atoms with E-state index in [2.05, 4.69) is 31.0 Å². The van der Waals surface area contributed by atoms with Crippen LogP contribution in [0.5, 0.6) is 0 Å². The molecule has 2 aliphatic rings. The first kappa shape index (κ1) is 15.3. The third kappa shape index (κ3) is 2.05. The van der Waals surface area contributed by atoms with E-state index < -0.39 is 0 Å². The number of benzene rings is 1. The van der Waals surface area contributed by atoms with Crippen molar-refractivity contribution in [2.75, 3.05) is 11.4 Å². The fourth-order valence-corrected chi connectivity index (χ4v) is 3.84. The largest absolute Gasteiger partial charge is 0.346 e. The average molecular weight is 410 g/mol. The lowest BCUT2D eigenvalue weighted by atomic mass is 10.1. The SMILES string of the molecule is O=C1c2ccccc2C(=O)N1c1nn(C2=c3cc[nH]c3=NCC2)cc1Br. The molecule has 2 aromatic heterocycles. The number of hydrogen-bond donors (Lipinski definition) is 1. The van der Waals surface area contributed by atoms with Crippen molar-refractivity contribution < 1.29 is 9.59 Å². The van der Waals surface area contributed by atoms with Crippen LogP contribution in [0.2, 0.25) is 0 Å². The van der Waals surface area contributed by atoms with Gasteiger partial charge in [-0.3, -0.25) is 14.6 Å². The van der Waals surface area contributed by atoms with Crippen molar-refractivity contribution in [2.45, 2.75) is 6.42 Å². The van der Waals surface area contributed by atoms with Gasteiger partial charge < -0.3 is 4.98 Å². The Morgan fingerprint density at radius 1 is 1.08 bits per heavy atom. The third-order valence-electron chi connectivity index (χ3n) is 4.59. The number of fused-ring (bicyclic) bond motifs is 2. The number of nitrogens with zero attached hydrogens (tertiary/aromatic N) is 4. The van der Waals surface area contributed by atoms with Crippen molar-refractivity contribution in [2.24, 2.45) is 4.99 Å². The number of carbonyl (C=O) groups excluding carboxylic acids is 2. The fraction of sp³-hybridized carbons (Fsp3) is 0.111. The van der Waals surface area contributed by atoms with Crippen LogP contribution in [0.25, 0.3) is 5.70 Å². The molecule has 5 rings (SSSR count). The highest BCUT2D eigenvalue weighted by Crippen LogP contribution is 2.32. The van der Waals surface area contributed by atoms with Gasteiger partial charge in [0.15, 0.2) is 5.82 Å². The molecule has 0 atom stereocenters. The molecule has 2 aliphatic heterocycles. The molecule has 0 radical (unpaired) electrons. The van der Waals surface area contributed by atoms with Gasteiger partial charge in [0.25, 0.3) is 11.8 Å². The number of anilines is 1. The van der Waals surface area contributed by atoms with Gasteiger partial charge in [-0.25, -0.2) is 9.58 Å².